The summed E-state index contributed by atoms with van der Waals surface area (Å²) in [7, 11) is 1.30. The number of carbonyl (C=O) groups is 1. The van der Waals surface area contributed by atoms with E-state index < -0.39 is 12.1 Å². The summed E-state index contributed by atoms with van der Waals surface area (Å²) < 4.78 is 18.2. The van der Waals surface area contributed by atoms with Crippen LogP contribution in [0.4, 0.5) is 0 Å². The lowest BCUT2D eigenvalue weighted by Crippen LogP contribution is -2.25. The first-order valence-corrected chi connectivity index (χ1v) is 11.3. The van der Waals surface area contributed by atoms with Crippen LogP contribution < -0.4 is 15.0 Å². The Morgan fingerprint density at radius 2 is 1.94 bits per heavy atom. The average Bonchev–Trinajstić information content (AvgIpc) is 2.79. The van der Waals surface area contributed by atoms with E-state index in [1.54, 1.807) is 37.4 Å². The van der Waals surface area contributed by atoms with E-state index in [0.717, 1.165) is 4.47 Å². The van der Waals surface area contributed by atoms with Gasteiger partial charge in [0.1, 0.15) is 5.82 Å². The second kappa shape index (κ2) is 10.6. The third-order valence-electron chi connectivity index (χ3n) is 4.78. The Morgan fingerprint density at radius 3 is 2.61 bits per heavy atom. The maximum atomic E-state index is 13.2. The quantitative estimate of drug-likeness (QED) is 0.323. The minimum Gasteiger partial charge on any atom is -0.490 e. The largest absolute Gasteiger partial charge is 0.490 e. The molecule has 0 unspecified atom stereocenters. The molecule has 1 aromatic heterocycles. The summed E-state index contributed by atoms with van der Waals surface area (Å²) in [6.07, 6.45) is 0.776. The highest BCUT2D eigenvalue weighted by atomic mass is 79.9. The monoisotopic (exact) mass is 515 g/mol. The number of fused-ring (bicyclic) bond motifs is 1. The van der Waals surface area contributed by atoms with Crippen LogP contribution in [-0.2, 0) is 9.53 Å². The minimum absolute atomic E-state index is 0.0162. The number of ether oxygens (including phenoxy) is 3. The van der Waals surface area contributed by atoms with Gasteiger partial charge in [-0.3, -0.25) is 4.79 Å². The number of hydrogen-bond acceptors (Lipinski definition) is 7. The fourth-order valence-electron chi connectivity index (χ4n) is 3.15. The van der Waals surface area contributed by atoms with Crippen molar-refractivity contribution in [3.05, 3.63) is 62.6 Å². The van der Waals surface area contributed by atoms with Crippen molar-refractivity contribution in [1.82, 2.24) is 9.66 Å². The fourth-order valence-corrected chi connectivity index (χ4v) is 3.51. The van der Waals surface area contributed by atoms with Crippen LogP contribution in [0.2, 0.25) is 0 Å². The van der Waals surface area contributed by atoms with E-state index in [0.29, 0.717) is 40.4 Å². The number of benzene rings is 2. The van der Waals surface area contributed by atoms with Crippen LogP contribution in [0.3, 0.4) is 0 Å². The van der Waals surface area contributed by atoms with E-state index in [9.17, 15) is 9.59 Å². The molecule has 0 N–H and O–H groups in total. The Bertz CT molecular complexity index is 1250. The summed E-state index contributed by atoms with van der Waals surface area (Å²) in [5.74, 6) is 0.915. The molecule has 174 valence electrons. The van der Waals surface area contributed by atoms with Crippen molar-refractivity contribution in [2.75, 3.05) is 13.7 Å². The number of halogens is 1. The van der Waals surface area contributed by atoms with Crippen molar-refractivity contribution in [3.8, 4) is 11.5 Å². The molecule has 0 aliphatic heterocycles. The molecule has 1 heterocycles. The summed E-state index contributed by atoms with van der Waals surface area (Å²) in [6.45, 7) is 7.77. The summed E-state index contributed by atoms with van der Waals surface area (Å²) in [4.78, 5) is 29.5. The Balaban J connectivity index is 2.01. The van der Waals surface area contributed by atoms with Gasteiger partial charge in [-0.05, 0) is 55.8 Å². The number of carbonyl (C=O) groups excluding carboxylic acids is 1. The Labute approximate surface area is 200 Å². The maximum absolute atomic E-state index is 13.2. The molecule has 3 aromatic rings. The van der Waals surface area contributed by atoms with E-state index in [4.69, 9.17) is 14.2 Å². The van der Waals surface area contributed by atoms with Gasteiger partial charge in [0.15, 0.2) is 17.6 Å². The molecule has 9 heteroatoms. The molecule has 1 atom stereocenters. The van der Waals surface area contributed by atoms with E-state index in [-0.39, 0.29) is 11.5 Å². The van der Waals surface area contributed by atoms with Crippen LogP contribution in [-0.4, -0.2) is 41.7 Å². The lowest BCUT2D eigenvalue weighted by atomic mass is 10.2. The standard InChI is InChI=1S/C24H26BrN3O5/c1-6-32-21-11-16(7-10-20(21)33-15(4)24(30)31-5)13-26-28-22(14(2)3)27-19-9-8-17(25)12-18(19)23(28)29/h7-15H,6H2,1-5H3/t15-/m0/s1. The molecular weight excluding hydrogens is 490 g/mol. The highest BCUT2D eigenvalue weighted by Crippen LogP contribution is 2.29. The number of rotatable bonds is 8. The minimum atomic E-state index is -0.788. The van der Waals surface area contributed by atoms with Gasteiger partial charge in [-0.25, -0.2) is 9.78 Å². The van der Waals surface area contributed by atoms with Crippen LogP contribution in [0.1, 0.15) is 45.0 Å². The number of hydrogen-bond donors (Lipinski definition) is 0. The zero-order chi connectivity index (χ0) is 24.1. The molecule has 0 amide bonds. The zero-order valence-electron chi connectivity index (χ0n) is 19.2. The molecule has 0 saturated heterocycles. The molecule has 3 rings (SSSR count). The molecule has 2 aromatic carbocycles. The molecule has 0 bridgehead atoms. The Hall–Kier alpha value is -3.20. The zero-order valence-corrected chi connectivity index (χ0v) is 20.8. The van der Waals surface area contributed by atoms with Gasteiger partial charge in [0.25, 0.3) is 5.56 Å². The number of aromatic nitrogens is 2. The van der Waals surface area contributed by atoms with Crippen molar-refractivity contribution in [2.24, 2.45) is 5.10 Å². The summed E-state index contributed by atoms with van der Waals surface area (Å²) >= 11 is 3.41. The van der Waals surface area contributed by atoms with Gasteiger partial charge in [-0.1, -0.05) is 29.8 Å². The molecule has 33 heavy (non-hydrogen) atoms. The molecule has 0 aliphatic carbocycles. The Morgan fingerprint density at radius 1 is 1.18 bits per heavy atom. The third kappa shape index (κ3) is 5.60. The van der Waals surface area contributed by atoms with Gasteiger partial charge in [0.05, 0.1) is 30.8 Å². The average molecular weight is 516 g/mol. The van der Waals surface area contributed by atoms with Gasteiger partial charge < -0.3 is 14.2 Å². The van der Waals surface area contributed by atoms with Crippen molar-refractivity contribution in [1.29, 1.82) is 0 Å². The normalized spacial score (nSPS) is 12.3. The second-order valence-electron chi connectivity index (χ2n) is 7.57. The first kappa shape index (κ1) is 24.4. The number of nitrogens with zero attached hydrogens (tertiary/aromatic N) is 3. The Kier molecular flexibility index (Phi) is 7.86. The first-order chi connectivity index (χ1) is 15.7. The van der Waals surface area contributed by atoms with Crippen LogP contribution in [0.25, 0.3) is 10.9 Å². The van der Waals surface area contributed by atoms with Gasteiger partial charge in [0.2, 0.25) is 0 Å². The second-order valence-corrected chi connectivity index (χ2v) is 8.49. The highest BCUT2D eigenvalue weighted by Gasteiger charge is 2.18. The number of esters is 1. The third-order valence-corrected chi connectivity index (χ3v) is 5.27. The van der Waals surface area contributed by atoms with E-state index in [2.05, 4.69) is 26.0 Å². The lowest BCUT2D eigenvalue weighted by molar-refractivity contribution is -0.147. The van der Waals surface area contributed by atoms with Crippen molar-refractivity contribution in [3.63, 3.8) is 0 Å². The lowest BCUT2D eigenvalue weighted by Gasteiger charge is -2.16. The fraction of sp³-hybridized carbons (Fsp3) is 0.333. The van der Waals surface area contributed by atoms with Gasteiger partial charge in [0, 0.05) is 10.4 Å². The predicted octanol–water partition coefficient (Wildman–Crippen LogP) is 4.50. The molecule has 0 saturated carbocycles. The van der Waals surface area contributed by atoms with Crippen LogP contribution in [0.5, 0.6) is 11.5 Å². The van der Waals surface area contributed by atoms with Gasteiger partial charge in [-0.2, -0.15) is 9.78 Å². The van der Waals surface area contributed by atoms with Crippen LogP contribution >= 0.6 is 15.9 Å². The van der Waals surface area contributed by atoms with E-state index >= 15 is 0 Å². The van der Waals surface area contributed by atoms with Gasteiger partial charge >= 0.3 is 5.97 Å². The van der Waals surface area contributed by atoms with Crippen molar-refractivity contribution in [2.45, 2.75) is 39.7 Å². The topological polar surface area (TPSA) is 92.0 Å². The van der Waals surface area contributed by atoms with Gasteiger partial charge in [-0.15, -0.1) is 0 Å². The highest BCUT2D eigenvalue weighted by molar-refractivity contribution is 9.10. The molecular formula is C24H26BrN3O5. The molecule has 8 nitrogen and oxygen atoms in total. The van der Waals surface area contributed by atoms with E-state index in [1.165, 1.54) is 11.8 Å². The van der Waals surface area contributed by atoms with Crippen LogP contribution in [0, 0.1) is 0 Å². The SMILES string of the molecule is CCOc1cc(C=Nn2c(C(C)C)nc3ccc(Br)cc3c2=O)ccc1O[C@@H](C)C(=O)OC. The molecule has 0 fully saturated rings. The van der Waals surface area contributed by atoms with Crippen molar-refractivity contribution >= 4 is 39.0 Å². The summed E-state index contributed by atoms with van der Waals surface area (Å²) in [5.41, 5.74) is 1.06. The van der Waals surface area contributed by atoms with Crippen molar-refractivity contribution < 1.29 is 19.0 Å². The maximum Gasteiger partial charge on any atom is 0.346 e. The smallest absolute Gasteiger partial charge is 0.346 e. The summed E-state index contributed by atoms with van der Waals surface area (Å²) in [5, 5.41) is 4.91. The molecule has 0 radical (unpaired) electrons. The molecule has 0 spiro atoms. The van der Waals surface area contributed by atoms with E-state index in [1.807, 2.05) is 32.9 Å². The summed E-state index contributed by atoms with van der Waals surface area (Å²) in [6, 6.07) is 10.6. The predicted molar refractivity (Wildman–Crippen MR) is 131 cm³/mol. The molecule has 0 aliphatic rings. The van der Waals surface area contributed by atoms with Crippen LogP contribution in [0.15, 0.2) is 50.8 Å². The number of methoxy groups -OCH3 is 1. The first-order valence-electron chi connectivity index (χ1n) is 10.5.